The first-order valence-corrected chi connectivity index (χ1v) is 16.9. The Morgan fingerprint density at radius 1 is 0.886 bits per heavy atom. The van der Waals surface area contributed by atoms with Gasteiger partial charge in [-0.15, -0.1) is 0 Å². The van der Waals surface area contributed by atoms with E-state index in [0.717, 1.165) is 43.5 Å². The molecule has 4 rings (SSSR count). The molecule has 1 aliphatic rings. The summed E-state index contributed by atoms with van der Waals surface area (Å²) in [6.45, 7) is 20.8. The highest BCUT2D eigenvalue weighted by Gasteiger charge is 2.39. The molecule has 1 saturated heterocycles. The molecule has 0 radical (unpaired) electrons. The molecule has 0 spiro atoms. The predicted octanol–water partition coefficient (Wildman–Crippen LogP) is 10.6. The Morgan fingerprint density at radius 2 is 1.48 bits per heavy atom. The van der Waals surface area contributed by atoms with Gasteiger partial charge >= 0.3 is 0 Å². The van der Waals surface area contributed by atoms with Crippen LogP contribution in [0.5, 0.6) is 0 Å². The maximum absolute atomic E-state index is 9.51. The van der Waals surface area contributed by atoms with E-state index in [1.807, 2.05) is 44.2 Å². The van der Waals surface area contributed by atoms with Crippen LogP contribution in [0.4, 0.5) is 0 Å². The van der Waals surface area contributed by atoms with Crippen molar-refractivity contribution in [3.8, 4) is 17.9 Å². The Bertz CT molecular complexity index is 1320. The van der Waals surface area contributed by atoms with E-state index >= 15 is 0 Å². The van der Waals surface area contributed by atoms with Crippen molar-refractivity contribution in [1.29, 1.82) is 5.26 Å². The van der Waals surface area contributed by atoms with Gasteiger partial charge in [-0.3, -0.25) is 4.90 Å². The third-order valence-corrected chi connectivity index (χ3v) is 8.52. The average molecular weight is 589 g/mol. The fraction of sp³-hybridized carbons (Fsp3) is 0.452. The normalized spacial score (nSPS) is 16.7. The lowest BCUT2D eigenvalue weighted by atomic mass is 9.79. The quantitative estimate of drug-likeness (QED) is 0.165. The molecule has 1 fully saturated rings. The number of rotatable bonds is 11. The second-order valence-electron chi connectivity index (χ2n) is 11.9. The molecule has 0 aromatic heterocycles. The number of unbranched alkanes of at least 4 members (excludes halogenated alkanes) is 1. The fourth-order valence-electron chi connectivity index (χ4n) is 5.62. The molecule has 4 atom stereocenters. The zero-order valence-corrected chi connectivity index (χ0v) is 28.6. The molecule has 0 amide bonds. The first-order chi connectivity index (χ1) is 21.4. The van der Waals surface area contributed by atoms with Crippen molar-refractivity contribution in [3.63, 3.8) is 0 Å². The summed E-state index contributed by atoms with van der Waals surface area (Å²) < 4.78 is 0. The summed E-state index contributed by atoms with van der Waals surface area (Å²) >= 11 is 0. The Hall–Kier alpha value is -3.59. The van der Waals surface area contributed by atoms with Crippen LogP contribution in [0.25, 0.3) is 0 Å². The van der Waals surface area contributed by atoms with E-state index in [4.69, 9.17) is 0 Å². The van der Waals surface area contributed by atoms with Gasteiger partial charge in [0.15, 0.2) is 0 Å². The minimum Gasteiger partial charge on any atom is -0.298 e. The number of hydrogen-bond donors (Lipinski definition) is 0. The molecule has 1 heterocycles. The van der Waals surface area contributed by atoms with Crippen LogP contribution in [0.1, 0.15) is 108 Å². The van der Waals surface area contributed by atoms with Crippen molar-refractivity contribution in [3.05, 3.63) is 119 Å². The number of benzene rings is 3. The van der Waals surface area contributed by atoms with Crippen LogP contribution in [0, 0.1) is 35.0 Å². The molecule has 0 bridgehead atoms. The fourth-order valence-corrected chi connectivity index (χ4v) is 5.62. The molecule has 44 heavy (non-hydrogen) atoms. The predicted molar refractivity (Wildman–Crippen MR) is 191 cm³/mol. The molecule has 1 aliphatic heterocycles. The van der Waals surface area contributed by atoms with Crippen molar-refractivity contribution >= 4 is 0 Å². The first-order valence-electron chi connectivity index (χ1n) is 16.9. The standard InChI is InChI=1S/C26H30N2.C14H20.C2H6/c1-4-20(3)24(17-27)18-28-19-25(26(28)5-2)23-15-13-22(14-16-23)12-11-21-9-7-6-8-10-21;1-4-5-6-13-7-9-14(10-8-13)11-12(2)3;1-2/h6-10,13-16,20,24-26H,4-5,18-19H2,1-3H3;7-10H,2,4-6,11H2,1,3H3;1-2H3. The van der Waals surface area contributed by atoms with Crippen LogP contribution < -0.4 is 0 Å². The van der Waals surface area contributed by atoms with Gasteiger partial charge in [0.1, 0.15) is 0 Å². The summed E-state index contributed by atoms with van der Waals surface area (Å²) in [5.41, 5.74) is 7.55. The minimum absolute atomic E-state index is 0.135. The third kappa shape index (κ3) is 11.8. The highest BCUT2D eigenvalue weighted by Crippen LogP contribution is 2.37. The molecule has 4 unspecified atom stereocenters. The van der Waals surface area contributed by atoms with Crippen molar-refractivity contribution in [2.24, 2.45) is 11.8 Å². The summed E-state index contributed by atoms with van der Waals surface area (Å²) in [5, 5.41) is 9.51. The molecule has 234 valence electrons. The van der Waals surface area contributed by atoms with E-state index in [1.54, 1.807) is 0 Å². The van der Waals surface area contributed by atoms with Crippen LogP contribution in [-0.4, -0.2) is 24.0 Å². The Morgan fingerprint density at radius 3 is 2.00 bits per heavy atom. The van der Waals surface area contributed by atoms with Crippen molar-refractivity contribution in [2.45, 2.75) is 99.0 Å². The number of likely N-dealkylation sites (tertiary alicyclic amines) is 1. The number of aryl methyl sites for hydroxylation is 1. The van der Waals surface area contributed by atoms with Crippen molar-refractivity contribution in [2.75, 3.05) is 13.1 Å². The summed E-state index contributed by atoms with van der Waals surface area (Å²) in [7, 11) is 0. The maximum atomic E-state index is 9.51. The van der Waals surface area contributed by atoms with Gasteiger partial charge in [-0.2, -0.15) is 5.26 Å². The average Bonchev–Trinajstić information content (AvgIpc) is 3.05. The van der Waals surface area contributed by atoms with Gasteiger partial charge in [-0.05, 0) is 79.5 Å². The van der Waals surface area contributed by atoms with E-state index in [9.17, 15) is 5.26 Å². The van der Waals surface area contributed by atoms with Crippen LogP contribution >= 0.6 is 0 Å². The zero-order chi connectivity index (χ0) is 32.3. The molecule has 0 saturated carbocycles. The smallest absolute Gasteiger partial charge is 0.0672 e. The zero-order valence-electron chi connectivity index (χ0n) is 28.6. The maximum Gasteiger partial charge on any atom is 0.0672 e. The largest absolute Gasteiger partial charge is 0.298 e. The molecule has 3 aromatic carbocycles. The lowest BCUT2D eigenvalue weighted by Crippen LogP contribution is -2.55. The second kappa shape index (κ2) is 20.4. The summed E-state index contributed by atoms with van der Waals surface area (Å²) in [6.07, 6.45) is 6.97. The summed E-state index contributed by atoms with van der Waals surface area (Å²) in [5.74, 6) is 7.64. The molecular weight excluding hydrogens is 532 g/mol. The van der Waals surface area contributed by atoms with Gasteiger partial charge in [0, 0.05) is 36.2 Å². The van der Waals surface area contributed by atoms with E-state index in [0.29, 0.717) is 17.9 Å². The Labute approximate surface area is 270 Å². The third-order valence-electron chi connectivity index (χ3n) is 8.52. The number of nitrogens with zero attached hydrogens (tertiary/aromatic N) is 2. The van der Waals surface area contributed by atoms with Crippen LogP contribution in [-0.2, 0) is 12.8 Å². The number of nitriles is 1. The van der Waals surface area contributed by atoms with Gasteiger partial charge in [-0.25, -0.2) is 0 Å². The number of hydrogen-bond acceptors (Lipinski definition) is 2. The van der Waals surface area contributed by atoms with Gasteiger partial charge in [0.05, 0.1) is 12.0 Å². The highest BCUT2D eigenvalue weighted by molar-refractivity contribution is 5.44. The van der Waals surface area contributed by atoms with Gasteiger partial charge in [0.2, 0.25) is 0 Å². The minimum atomic E-state index is 0.135. The molecular formula is C42H56N2. The topological polar surface area (TPSA) is 27.0 Å². The van der Waals surface area contributed by atoms with Gasteiger partial charge < -0.3 is 0 Å². The van der Waals surface area contributed by atoms with Crippen LogP contribution in [0.15, 0.2) is 91.0 Å². The van der Waals surface area contributed by atoms with Crippen molar-refractivity contribution < 1.29 is 0 Å². The highest BCUT2D eigenvalue weighted by atomic mass is 15.2. The molecule has 2 heteroatoms. The number of allylic oxidation sites excluding steroid dienone is 1. The van der Waals surface area contributed by atoms with Crippen molar-refractivity contribution in [1.82, 2.24) is 4.90 Å². The van der Waals surface area contributed by atoms with E-state index in [2.05, 4.69) is 113 Å². The van der Waals surface area contributed by atoms with Crippen LogP contribution in [0.2, 0.25) is 0 Å². The molecule has 0 aliphatic carbocycles. The Kier molecular flexibility index (Phi) is 17.0. The summed E-state index contributed by atoms with van der Waals surface area (Å²) in [6, 6.07) is 30.8. The molecule has 0 N–H and O–H groups in total. The van der Waals surface area contributed by atoms with Gasteiger partial charge in [-0.1, -0.05) is 133 Å². The van der Waals surface area contributed by atoms with E-state index in [-0.39, 0.29) is 5.92 Å². The first kappa shape index (κ1) is 36.6. The van der Waals surface area contributed by atoms with Gasteiger partial charge in [0.25, 0.3) is 0 Å². The molecule has 3 aromatic rings. The lowest BCUT2D eigenvalue weighted by molar-refractivity contribution is 0.0402. The lowest BCUT2D eigenvalue weighted by Gasteiger charge is -2.49. The Balaban J connectivity index is 0.000000355. The van der Waals surface area contributed by atoms with E-state index in [1.165, 1.54) is 41.5 Å². The monoisotopic (exact) mass is 588 g/mol. The second-order valence-corrected chi connectivity index (χ2v) is 11.9. The van der Waals surface area contributed by atoms with Crippen LogP contribution in [0.3, 0.4) is 0 Å². The summed E-state index contributed by atoms with van der Waals surface area (Å²) in [4.78, 5) is 2.51. The SMILES string of the molecule is C=C(C)Cc1ccc(CCCC)cc1.CC.CCC(C)C(C#N)CN1CC(c2ccc(C#Cc3ccccc3)cc2)C1CC. The van der Waals surface area contributed by atoms with E-state index < -0.39 is 0 Å². The molecule has 2 nitrogen and oxygen atoms in total.